The van der Waals surface area contributed by atoms with E-state index in [0.717, 1.165) is 21.3 Å². The molecule has 3 rings (SSSR count). The first kappa shape index (κ1) is 28.0. The van der Waals surface area contributed by atoms with Crippen LogP contribution in [0.3, 0.4) is 0 Å². The van der Waals surface area contributed by atoms with Gasteiger partial charge in [0.05, 0.1) is 22.4 Å². The summed E-state index contributed by atoms with van der Waals surface area (Å²) < 4.78 is 2.84. The number of thioether (sulfide) groups is 1. The molecular formula is C26H29BrClN5O2S. The van der Waals surface area contributed by atoms with Gasteiger partial charge in [0.15, 0.2) is 11.0 Å². The first-order valence-electron chi connectivity index (χ1n) is 11.4. The van der Waals surface area contributed by atoms with Gasteiger partial charge in [-0.15, -0.1) is 16.8 Å². The summed E-state index contributed by atoms with van der Waals surface area (Å²) in [7, 11) is 0. The number of carbonyl (C=O) groups is 2. The Bertz CT molecular complexity index is 1250. The smallest absolute Gasteiger partial charge is 0.253 e. The Morgan fingerprint density at radius 1 is 1.19 bits per heavy atom. The van der Waals surface area contributed by atoms with Crippen LogP contribution in [-0.4, -0.2) is 32.3 Å². The SMILES string of the molecule is C=CCn1c(SCC(=O)Nc2c(C)cc(Br)cc2C)nnc1[C@@H](NC(=O)c1ccccc1Cl)C(C)C. The number of hydrogen-bond acceptors (Lipinski definition) is 5. The van der Waals surface area contributed by atoms with E-state index in [0.29, 0.717) is 28.1 Å². The van der Waals surface area contributed by atoms with Gasteiger partial charge in [0, 0.05) is 16.7 Å². The average Bonchev–Trinajstić information content (AvgIpc) is 3.20. The Balaban J connectivity index is 1.78. The van der Waals surface area contributed by atoms with E-state index in [-0.39, 0.29) is 23.5 Å². The normalized spacial score (nSPS) is 11.9. The van der Waals surface area contributed by atoms with E-state index in [2.05, 4.69) is 43.3 Å². The molecule has 0 radical (unpaired) electrons. The Hall–Kier alpha value is -2.62. The highest BCUT2D eigenvalue weighted by atomic mass is 79.9. The number of nitrogens with one attached hydrogen (secondary N) is 2. The Morgan fingerprint density at radius 3 is 2.47 bits per heavy atom. The summed E-state index contributed by atoms with van der Waals surface area (Å²) in [5, 5.41) is 15.7. The second kappa shape index (κ2) is 12.6. The lowest BCUT2D eigenvalue weighted by atomic mass is 10.0. The van der Waals surface area contributed by atoms with Crippen LogP contribution < -0.4 is 10.6 Å². The Labute approximate surface area is 229 Å². The zero-order valence-corrected chi connectivity index (χ0v) is 23.8. The standard InChI is InChI=1S/C26H29BrClN5O2S/c1-6-11-33-24(22(15(2)3)30-25(35)19-9-7-8-10-20(19)28)31-32-26(33)36-14-21(34)29-23-16(4)12-18(27)13-17(23)5/h6-10,12-13,15,22H,1,11,14H2,2-5H3,(H,29,34)(H,30,35)/t22-/m0/s1. The lowest BCUT2D eigenvalue weighted by Crippen LogP contribution is -2.34. The van der Waals surface area contributed by atoms with Gasteiger partial charge in [-0.05, 0) is 55.2 Å². The average molecular weight is 591 g/mol. The second-order valence-corrected chi connectivity index (χ2v) is 10.9. The van der Waals surface area contributed by atoms with Crippen molar-refractivity contribution in [3.63, 3.8) is 0 Å². The van der Waals surface area contributed by atoms with Crippen LogP contribution in [0.5, 0.6) is 0 Å². The van der Waals surface area contributed by atoms with Crippen LogP contribution in [0.25, 0.3) is 0 Å². The number of nitrogens with zero attached hydrogens (tertiary/aromatic N) is 3. The summed E-state index contributed by atoms with van der Waals surface area (Å²) >= 11 is 11.0. The molecule has 0 bridgehead atoms. The summed E-state index contributed by atoms with van der Waals surface area (Å²) in [6.45, 7) is 12.2. The zero-order chi connectivity index (χ0) is 26.4. The van der Waals surface area contributed by atoms with Gasteiger partial charge in [-0.25, -0.2) is 0 Å². The van der Waals surface area contributed by atoms with Crippen molar-refractivity contribution in [3.8, 4) is 0 Å². The van der Waals surface area contributed by atoms with E-state index in [1.165, 1.54) is 11.8 Å². The quantitative estimate of drug-likeness (QED) is 0.212. The van der Waals surface area contributed by atoms with Crippen molar-refractivity contribution in [1.29, 1.82) is 0 Å². The molecule has 2 amide bonds. The molecule has 3 aromatic rings. The molecule has 0 aliphatic rings. The molecule has 1 heterocycles. The molecule has 2 aromatic carbocycles. The molecule has 0 unspecified atom stereocenters. The minimum absolute atomic E-state index is 0.0220. The van der Waals surface area contributed by atoms with Gasteiger partial charge in [0.1, 0.15) is 0 Å². The van der Waals surface area contributed by atoms with Crippen molar-refractivity contribution in [2.75, 3.05) is 11.1 Å². The summed E-state index contributed by atoms with van der Waals surface area (Å²) in [6, 6.07) is 10.4. The molecule has 190 valence electrons. The highest BCUT2D eigenvalue weighted by Gasteiger charge is 2.27. The van der Waals surface area contributed by atoms with E-state index in [4.69, 9.17) is 11.6 Å². The summed E-state index contributed by atoms with van der Waals surface area (Å²) in [6.07, 6.45) is 1.73. The predicted molar refractivity (Wildman–Crippen MR) is 150 cm³/mol. The first-order valence-corrected chi connectivity index (χ1v) is 13.6. The van der Waals surface area contributed by atoms with Crippen LogP contribution in [0.1, 0.15) is 47.2 Å². The maximum Gasteiger partial charge on any atom is 0.253 e. The molecule has 0 fully saturated rings. The van der Waals surface area contributed by atoms with Crippen LogP contribution in [0, 0.1) is 19.8 Å². The molecular weight excluding hydrogens is 562 g/mol. The molecule has 0 aliphatic carbocycles. The number of halogens is 2. The number of benzene rings is 2. The van der Waals surface area contributed by atoms with Gasteiger partial charge in [0.2, 0.25) is 5.91 Å². The molecule has 2 N–H and O–H groups in total. The van der Waals surface area contributed by atoms with Crippen molar-refractivity contribution in [2.45, 2.75) is 45.4 Å². The number of allylic oxidation sites excluding steroid dienone is 1. The fraction of sp³-hybridized carbons (Fsp3) is 0.308. The molecule has 36 heavy (non-hydrogen) atoms. The van der Waals surface area contributed by atoms with Crippen molar-refractivity contribution < 1.29 is 9.59 Å². The van der Waals surface area contributed by atoms with Gasteiger partial charge in [0.25, 0.3) is 5.91 Å². The van der Waals surface area contributed by atoms with Crippen LogP contribution in [0.15, 0.2) is 58.7 Å². The first-order chi connectivity index (χ1) is 17.1. The topological polar surface area (TPSA) is 88.9 Å². The van der Waals surface area contributed by atoms with Gasteiger partial charge < -0.3 is 15.2 Å². The van der Waals surface area contributed by atoms with E-state index >= 15 is 0 Å². The fourth-order valence-electron chi connectivity index (χ4n) is 3.74. The number of amides is 2. The van der Waals surface area contributed by atoms with Crippen LogP contribution in [0.4, 0.5) is 5.69 Å². The van der Waals surface area contributed by atoms with Gasteiger partial charge in [-0.3, -0.25) is 9.59 Å². The lowest BCUT2D eigenvalue weighted by Gasteiger charge is -2.23. The van der Waals surface area contributed by atoms with Gasteiger partial charge >= 0.3 is 0 Å². The minimum Gasteiger partial charge on any atom is -0.342 e. The summed E-state index contributed by atoms with van der Waals surface area (Å²) in [5.74, 6) is 0.334. The zero-order valence-electron chi connectivity index (χ0n) is 20.6. The van der Waals surface area contributed by atoms with E-state index in [9.17, 15) is 9.59 Å². The van der Waals surface area contributed by atoms with Crippen LogP contribution in [-0.2, 0) is 11.3 Å². The highest BCUT2D eigenvalue weighted by Crippen LogP contribution is 2.28. The Kier molecular flexibility index (Phi) is 9.76. The third-order valence-electron chi connectivity index (χ3n) is 5.50. The predicted octanol–water partition coefficient (Wildman–Crippen LogP) is 6.35. The number of carbonyl (C=O) groups excluding carboxylic acids is 2. The Morgan fingerprint density at radius 2 is 1.86 bits per heavy atom. The van der Waals surface area contributed by atoms with E-state index in [1.807, 2.05) is 44.4 Å². The molecule has 1 atom stereocenters. The van der Waals surface area contributed by atoms with Crippen molar-refractivity contribution in [3.05, 3.63) is 81.1 Å². The van der Waals surface area contributed by atoms with E-state index in [1.54, 1.807) is 30.3 Å². The maximum atomic E-state index is 13.0. The monoisotopic (exact) mass is 589 g/mol. The summed E-state index contributed by atoms with van der Waals surface area (Å²) in [4.78, 5) is 25.7. The van der Waals surface area contributed by atoms with Crippen molar-refractivity contribution in [1.82, 2.24) is 20.1 Å². The van der Waals surface area contributed by atoms with Crippen molar-refractivity contribution >= 4 is 56.8 Å². The van der Waals surface area contributed by atoms with Crippen LogP contribution in [0.2, 0.25) is 5.02 Å². The highest BCUT2D eigenvalue weighted by molar-refractivity contribution is 9.10. The van der Waals surface area contributed by atoms with Crippen LogP contribution >= 0.6 is 39.3 Å². The molecule has 0 aliphatic heterocycles. The van der Waals surface area contributed by atoms with Gasteiger partial charge in [-0.2, -0.15) is 0 Å². The molecule has 0 saturated carbocycles. The number of aryl methyl sites for hydroxylation is 2. The van der Waals surface area contributed by atoms with E-state index < -0.39 is 6.04 Å². The molecule has 10 heteroatoms. The fourth-order valence-corrected chi connectivity index (χ4v) is 5.41. The number of aromatic nitrogens is 3. The molecule has 0 spiro atoms. The molecule has 1 aromatic heterocycles. The third kappa shape index (κ3) is 6.78. The summed E-state index contributed by atoms with van der Waals surface area (Å²) in [5.41, 5.74) is 3.15. The van der Waals surface area contributed by atoms with Crippen molar-refractivity contribution in [2.24, 2.45) is 5.92 Å². The lowest BCUT2D eigenvalue weighted by molar-refractivity contribution is -0.113. The minimum atomic E-state index is -0.419. The number of rotatable bonds is 10. The maximum absolute atomic E-state index is 13.0. The van der Waals surface area contributed by atoms with Gasteiger partial charge in [-0.1, -0.05) is 71.3 Å². The number of anilines is 1. The largest absolute Gasteiger partial charge is 0.342 e. The second-order valence-electron chi connectivity index (χ2n) is 8.67. The molecule has 7 nitrogen and oxygen atoms in total. The molecule has 0 saturated heterocycles. The number of hydrogen-bond donors (Lipinski definition) is 2. The third-order valence-corrected chi connectivity index (χ3v) is 7.26.